The van der Waals surface area contributed by atoms with Gasteiger partial charge in [-0.05, 0) is 12.1 Å². The number of hydrogen-bond donors (Lipinski definition) is 1. The van der Waals surface area contributed by atoms with Crippen molar-refractivity contribution in [1.82, 2.24) is 5.16 Å². The highest BCUT2D eigenvalue weighted by Crippen LogP contribution is 2.34. The summed E-state index contributed by atoms with van der Waals surface area (Å²) in [5.41, 5.74) is 5.98. The zero-order valence-electron chi connectivity index (χ0n) is 8.19. The monoisotopic (exact) mass is 258 g/mol. The molecule has 7 heteroatoms. The molecule has 0 spiro atoms. The number of nitrogens with zero attached hydrogens (tertiary/aromatic N) is 1. The van der Waals surface area contributed by atoms with E-state index < -0.39 is 5.97 Å². The molecule has 0 fully saturated rings. The molecule has 0 radical (unpaired) electrons. The van der Waals surface area contributed by atoms with Crippen molar-refractivity contribution in [3.63, 3.8) is 0 Å². The fraction of sp³-hybridized carbons (Fsp3) is 0.111. The SMILES string of the molecule is COC(=O)c1c(-c2ccc(Cl)s2)noc1N. The molecule has 2 heterocycles. The Morgan fingerprint density at radius 1 is 1.62 bits per heavy atom. The molecule has 0 aliphatic rings. The molecule has 0 saturated heterocycles. The molecule has 0 atom stereocenters. The van der Waals surface area contributed by atoms with E-state index in [-0.39, 0.29) is 11.4 Å². The van der Waals surface area contributed by atoms with E-state index in [1.165, 1.54) is 18.4 Å². The van der Waals surface area contributed by atoms with Crippen LogP contribution in [0.2, 0.25) is 4.34 Å². The average molecular weight is 259 g/mol. The van der Waals surface area contributed by atoms with Gasteiger partial charge in [-0.3, -0.25) is 0 Å². The molecule has 2 aromatic rings. The van der Waals surface area contributed by atoms with Crippen molar-refractivity contribution in [2.75, 3.05) is 12.8 Å². The van der Waals surface area contributed by atoms with Crippen LogP contribution in [-0.2, 0) is 4.74 Å². The van der Waals surface area contributed by atoms with Crippen molar-refractivity contribution in [3.05, 3.63) is 22.0 Å². The molecule has 0 amide bonds. The molecule has 16 heavy (non-hydrogen) atoms. The zero-order valence-corrected chi connectivity index (χ0v) is 9.76. The predicted octanol–water partition coefficient (Wildman–Crippen LogP) is 2.43. The minimum absolute atomic E-state index is 0.0635. The van der Waals surface area contributed by atoms with E-state index in [4.69, 9.17) is 21.9 Å². The fourth-order valence-electron chi connectivity index (χ4n) is 1.21. The number of thiophene rings is 1. The van der Waals surface area contributed by atoms with Crippen molar-refractivity contribution in [1.29, 1.82) is 0 Å². The predicted molar refractivity (Wildman–Crippen MR) is 60.6 cm³/mol. The summed E-state index contributed by atoms with van der Waals surface area (Å²) in [4.78, 5) is 12.2. The molecular formula is C9H7ClN2O3S. The Kier molecular flexibility index (Phi) is 2.84. The second kappa shape index (κ2) is 4.15. The van der Waals surface area contributed by atoms with Crippen LogP contribution in [0.1, 0.15) is 10.4 Å². The molecule has 0 aliphatic heterocycles. The van der Waals surface area contributed by atoms with Crippen LogP contribution < -0.4 is 5.73 Å². The van der Waals surface area contributed by atoms with Gasteiger partial charge in [-0.1, -0.05) is 16.8 Å². The number of rotatable bonds is 2. The summed E-state index contributed by atoms with van der Waals surface area (Å²) in [5, 5.41) is 3.72. The maximum Gasteiger partial charge on any atom is 0.345 e. The molecule has 0 aromatic carbocycles. The largest absolute Gasteiger partial charge is 0.465 e. The van der Waals surface area contributed by atoms with Gasteiger partial charge in [0.2, 0.25) is 5.88 Å². The lowest BCUT2D eigenvalue weighted by atomic mass is 10.2. The number of esters is 1. The highest BCUT2D eigenvalue weighted by molar-refractivity contribution is 7.19. The number of aromatic nitrogens is 1. The fourth-order valence-corrected chi connectivity index (χ4v) is 2.24. The van der Waals surface area contributed by atoms with E-state index in [0.29, 0.717) is 14.9 Å². The van der Waals surface area contributed by atoms with E-state index in [0.717, 1.165) is 0 Å². The van der Waals surface area contributed by atoms with E-state index in [2.05, 4.69) is 9.89 Å². The summed E-state index contributed by atoms with van der Waals surface area (Å²) < 4.78 is 9.96. The summed E-state index contributed by atoms with van der Waals surface area (Å²) in [6.45, 7) is 0. The smallest absolute Gasteiger partial charge is 0.345 e. The third-order valence-corrected chi connectivity index (χ3v) is 3.15. The maximum absolute atomic E-state index is 11.5. The zero-order chi connectivity index (χ0) is 11.7. The molecule has 84 valence electrons. The van der Waals surface area contributed by atoms with Gasteiger partial charge in [-0.25, -0.2) is 4.79 Å². The molecule has 2 rings (SSSR count). The summed E-state index contributed by atoms with van der Waals surface area (Å²) in [5.74, 6) is -0.648. The summed E-state index contributed by atoms with van der Waals surface area (Å²) in [7, 11) is 1.26. The molecular weight excluding hydrogens is 252 g/mol. The summed E-state index contributed by atoms with van der Waals surface area (Å²) in [6, 6.07) is 3.43. The third-order valence-electron chi connectivity index (χ3n) is 1.91. The quantitative estimate of drug-likeness (QED) is 0.837. The summed E-state index contributed by atoms with van der Waals surface area (Å²) >= 11 is 7.07. The van der Waals surface area contributed by atoms with Crippen LogP contribution >= 0.6 is 22.9 Å². The maximum atomic E-state index is 11.5. The number of ether oxygens (including phenoxy) is 1. The van der Waals surface area contributed by atoms with Gasteiger partial charge in [0.05, 0.1) is 16.3 Å². The topological polar surface area (TPSA) is 78.3 Å². The van der Waals surface area contributed by atoms with Crippen LogP contribution in [0.4, 0.5) is 5.88 Å². The number of carbonyl (C=O) groups excluding carboxylic acids is 1. The first-order chi connectivity index (χ1) is 7.63. The Morgan fingerprint density at radius 3 is 2.94 bits per heavy atom. The molecule has 0 aliphatic carbocycles. The number of methoxy groups -OCH3 is 1. The lowest BCUT2D eigenvalue weighted by Crippen LogP contribution is -2.04. The van der Waals surface area contributed by atoms with Crippen LogP contribution in [0.25, 0.3) is 10.6 Å². The van der Waals surface area contributed by atoms with Gasteiger partial charge in [0, 0.05) is 0 Å². The van der Waals surface area contributed by atoms with E-state index >= 15 is 0 Å². The lowest BCUT2D eigenvalue weighted by Gasteiger charge is -1.97. The number of nitrogen functional groups attached to an aromatic ring is 1. The Balaban J connectivity index is 2.53. The molecule has 0 unspecified atom stereocenters. The number of nitrogens with two attached hydrogens (primary N) is 1. The van der Waals surface area contributed by atoms with Crippen LogP contribution in [0, 0.1) is 0 Å². The van der Waals surface area contributed by atoms with Crippen molar-refractivity contribution >= 4 is 34.8 Å². The second-order valence-corrected chi connectivity index (χ2v) is 4.58. The van der Waals surface area contributed by atoms with Crippen LogP contribution in [0.15, 0.2) is 16.7 Å². The van der Waals surface area contributed by atoms with Crippen molar-refractivity contribution in [2.45, 2.75) is 0 Å². The molecule has 2 N–H and O–H groups in total. The Morgan fingerprint density at radius 2 is 2.38 bits per heavy atom. The third kappa shape index (κ3) is 1.77. The Hall–Kier alpha value is -1.53. The van der Waals surface area contributed by atoms with Crippen molar-refractivity contribution < 1.29 is 14.1 Å². The van der Waals surface area contributed by atoms with Crippen LogP contribution in [-0.4, -0.2) is 18.2 Å². The molecule has 0 bridgehead atoms. The molecule has 0 saturated carbocycles. The average Bonchev–Trinajstić information content (AvgIpc) is 2.83. The van der Waals surface area contributed by atoms with Gasteiger partial charge >= 0.3 is 5.97 Å². The first kappa shape index (κ1) is 11.0. The van der Waals surface area contributed by atoms with E-state index in [9.17, 15) is 4.79 Å². The molecule has 2 aromatic heterocycles. The first-order valence-corrected chi connectivity index (χ1v) is 5.42. The van der Waals surface area contributed by atoms with E-state index in [1.807, 2.05) is 0 Å². The highest BCUT2D eigenvalue weighted by Gasteiger charge is 2.23. The second-order valence-electron chi connectivity index (χ2n) is 2.87. The lowest BCUT2D eigenvalue weighted by molar-refractivity contribution is 0.0602. The van der Waals surface area contributed by atoms with Gasteiger partial charge < -0.3 is 15.0 Å². The minimum atomic E-state index is -0.585. The summed E-state index contributed by atoms with van der Waals surface area (Å²) in [6.07, 6.45) is 0. The Labute approximate surface area is 99.7 Å². The highest BCUT2D eigenvalue weighted by atomic mass is 35.5. The number of anilines is 1. The normalized spacial score (nSPS) is 10.4. The van der Waals surface area contributed by atoms with Crippen LogP contribution in [0.3, 0.4) is 0 Å². The van der Waals surface area contributed by atoms with Gasteiger partial charge in [0.15, 0.2) is 5.56 Å². The number of hydrogen-bond acceptors (Lipinski definition) is 6. The van der Waals surface area contributed by atoms with Crippen molar-refractivity contribution in [3.8, 4) is 10.6 Å². The van der Waals surface area contributed by atoms with E-state index in [1.54, 1.807) is 12.1 Å². The van der Waals surface area contributed by atoms with Crippen molar-refractivity contribution in [2.24, 2.45) is 0 Å². The number of carbonyl (C=O) groups is 1. The van der Waals surface area contributed by atoms with Gasteiger partial charge in [0.1, 0.15) is 5.69 Å². The van der Waals surface area contributed by atoms with Crippen LogP contribution in [0.5, 0.6) is 0 Å². The minimum Gasteiger partial charge on any atom is -0.465 e. The van der Waals surface area contributed by atoms with Gasteiger partial charge in [-0.15, -0.1) is 11.3 Å². The van der Waals surface area contributed by atoms with Gasteiger partial charge in [0.25, 0.3) is 0 Å². The standard InChI is InChI=1S/C9H7ClN2O3S/c1-14-9(13)6-7(12-15-8(6)11)4-2-3-5(10)16-4/h2-3H,11H2,1H3. The number of halogens is 1. The Bertz CT molecular complexity index is 535. The first-order valence-electron chi connectivity index (χ1n) is 4.22. The van der Waals surface area contributed by atoms with Gasteiger partial charge in [-0.2, -0.15) is 0 Å². The molecule has 5 nitrogen and oxygen atoms in total.